The Hall–Kier alpha value is -1.91. The lowest BCUT2D eigenvalue weighted by Crippen LogP contribution is -2.27. The predicted octanol–water partition coefficient (Wildman–Crippen LogP) is 4.89. The second kappa shape index (κ2) is 8.09. The van der Waals surface area contributed by atoms with Crippen LogP contribution in [0.4, 0.5) is 16.2 Å². The lowest BCUT2D eigenvalue weighted by atomic mass is 10.0. The Labute approximate surface area is 139 Å². The summed E-state index contributed by atoms with van der Waals surface area (Å²) < 4.78 is 10.6. The lowest BCUT2D eigenvalue weighted by Gasteiger charge is -2.23. The Kier molecular flexibility index (Phi) is 6.73. The van der Waals surface area contributed by atoms with Gasteiger partial charge in [0.15, 0.2) is 0 Å². The third kappa shape index (κ3) is 7.26. The number of nitrogens with one attached hydrogen (secondary N) is 2. The van der Waals surface area contributed by atoms with Gasteiger partial charge >= 0.3 is 6.09 Å². The summed E-state index contributed by atoms with van der Waals surface area (Å²) in [5, 5.41) is 6.23. The zero-order valence-corrected chi connectivity index (χ0v) is 15.3. The first-order chi connectivity index (χ1) is 10.6. The molecule has 0 saturated carbocycles. The van der Waals surface area contributed by atoms with Crippen LogP contribution in [0.2, 0.25) is 0 Å². The Bertz CT molecular complexity index is 521. The molecule has 1 atom stereocenters. The monoisotopic (exact) mass is 322 g/mol. The van der Waals surface area contributed by atoms with Gasteiger partial charge in [-0.25, -0.2) is 4.79 Å². The van der Waals surface area contributed by atoms with E-state index in [1.807, 2.05) is 39.0 Å². The van der Waals surface area contributed by atoms with Crippen molar-refractivity contribution in [3.8, 4) is 5.75 Å². The first kappa shape index (κ1) is 19.1. The summed E-state index contributed by atoms with van der Waals surface area (Å²) in [4.78, 5) is 12.0. The van der Waals surface area contributed by atoms with E-state index >= 15 is 0 Å². The van der Waals surface area contributed by atoms with Gasteiger partial charge in [0.05, 0.1) is 18.5 Å². The molecule has 1 unspecified atom stereocenters. The number of hydrogen-bond acceptors (Lipinski definition) is 4. The zero-order chi connectivity index (χ0) is 17.6. The van der Waals surface area contributed by atoms with E-state index in [1.54, 1.807) is 7.11 Å². The van der Waals surface area contributed by atoms with Gasteiger partial charge in [0, 0.05) is 12.1 Å². The Balaban J connectivity index is 2.91. The number of anilines is 2. The molecule has 0 radical (unpaired) electrons. The number of carbonyl (C=O) groups excluding carboxylic acids is 1. The van der Waals surface area contributed by atoms with Gasteiger partial charge in [-0.05, 0) is 52.2 Å². The molecule has 2 N–H and O–H groups in total. The highest BCUT2D eigenvalue weighted by molar-refractivity contribution is 5.90. The normalized spacial score (nSPS) is 12.7. The number of amides is 1. The van der Waals surface area contributed by atoms with Crippen LogP contribution in [0.3, 0.4) is 0 Å². The van der Waals surface area contributed by atoms with Gasteiger partial charge < -0.3 is 14.8 Å². The number of carbonyl (C=O) groups is 1. The molecule has 5 heteroatoms. The van der Waals surface area contributed by atoms with Crippen molar-refractivity contribution in [3.63, 3.8) is 0 Å². The summed E-state index contributed by atoms with van der Waals surface area (Å²) in [6.07, 6.45) is 0.561. The summed E-state index contributed by atoms with van der Waals surface area (Å²) in [6, 6.07) is 5.78. The van der Waals surface area contributed by atoms with Crippen molar-refractivity contribution in [3.05, 3.63) is 18.2 Å². The molecule has 0 aliphatic rings. The highest BCUT2D eigenvalue weighted by Crippen LogP contribution is 2.29. The zero-order valence-electron chi connectivity index (χ0n) is 15.3. The fourth-order valence-electron chi connectivity index (χ4n) is 2.32. The number of hydrogen-bond donors (Lipinski definition) is 2. The molecule has 1 amide bonds. The molecule has 5 nitrogen and oxygen atoms in total. The van der Waals surface area contributed by atoms with E-state index in [2.05, 4.69) is 31.4 Å². The maximum absolute atomic E-state index is 12.0. The average Bonchev–Trinajstić information content (AvgIpc) is 2.37. The van der Waals surface area contributed by atoms with Gasteiger partial charge in [0.1, 0.15) is 11.4 Å². The van der Waals surface area contributed by atoms with Gasteiger partial charge in [0.2, 0.25) is 0 Å². The fourth-order valence-corrected chi connectivity index (χ4v) is 2.32. The van der Waals surface area contributed by atoms with Crippen molar-refractivity contribution in [1.29, 1.82) is 0 Å². The summed E-state index contributed by atoms with van der Waals surface area (Å²) in [5.41, 5.74) is 0.966. The molecule has 1 rings (SSSR count). The molecule has 1 aromatic carbocycles. The molecule has 0 spiro atoms. The Morgan fingerprint density at radius 3 is 2.35 bits per heavy atom. The number of benzene rings is 1. The second-order valence-corrected chi connectivity index (χ2v) is 7.21. The first-order valence-corrected chi connectivity index (χ1v) is 8.05. The van der Waals surface area contributed by atoms with Crippen LogP contribution in [0.15, 0.2) is 18.2 Å². The van der Waals surface area contributed by atoms with Gasteiger partial charge in [-0.15, -0.1) is 0 Å². The highest BCUT2D eigenvalue weighted by Gasteiger charge is 2.18. The molecule has 0 saturated heterocycles. The van der Waals surface area contributed by atoms with Crippen LogP contribution >= 0.6 is 0 Å². The van der Waals surface area contributed by atoms with Crippen molar-refractivity contribution in [2.75, 3.05) is 17.7 Å². The topological polar surface area (TPSA) is 59.6 Å². The quantitative estimate of drug-likeness (QED) is 0.783. The molecule has 0 heterocycles. The van der Waals surface area contributed by atoms with E-state index in [1.165, 1.54) is 0 Å². The van der Waals surface area contributed by atoms with Gasteiger partial charge in [-0.3, -0.25) is 5.32 Å². The first-order valence-electron chi connectivity index (χ1n) is 8.05. The van der Waals surface area contributed by atoms with Gasteiger partial charge in [-0.2, -0.15) is 0 Å². The van der Waals surface area contributed by atoms with Crippen LogP contribution in [-0.4, -0.2) is 24.8 Å². The van der Waals surface area contributed by atoms with Crippen LogP contribution in [0.1, 0.15) is 48.0 Å². The minimum atomic E-state index is -0.533. The van der Waals surface area contributed by atoms with Crippen molar-refractivity contribution in [2.45, 2.75) is 59.6 Å². The van der Waals surface area contributed by atoms with E-state index in [0.29, 0.717) is 11.6 Å². The molecule has 23 heavy (non-hydrogen) atoms. The van der Waals surface area contributed by atoms with Crippen LogP contribution in [-0.2, 0) is 4.74 Å². The van der Waals surface area contributed by atoms with E-state index < -0.39 is 11.7 Å². The summed E-state index contributed by atoms with van der Waals surface area (Å²) >= 11 is 0. The number of methoxy groups -OCH3 is 1. The van der Waals surface area contributed by atoms with E-state index in [-0.39, 0.29) is 6.04 Å². The lowest BCUT2D eigenvalue weighted by molar-refractivity contribution is 0.0636. The summed E-state index contributed by atoms with van der Waals surface area (Å²) in [6.45, 7) is 12.0. The summed E-state index contributed by atoms with van der Waals surface area (Å²) in [7, 11) is 1.62. The molecule has 1 aromatic rings. The van der Waals surface area contributed by atoms with Crippen molar-refractivity contribution < 1.29 is 14.3 Å². The van der Waals surface area contributed by atoms with Crippen LogP contribution in [0.25, 0.3) is 0 Å². The van der Waals surface area contributed by atoms with Crippen molar-refractivity contribution in [2.24, 2.45) is 5.92 Å². The van der Waals surface area contributed by atoms with Gasteiger partial charge in [-0.1, -0.05) is 13.8 Å². The third-order valence-electron chi connectivity index (χ3n) is 3.09. The fraction of sp³-hybridized carbons (Fsp3) is 0.611. The third-order valence-corrected chi connectivity index (χ3v) is 3.09. The Morgan fingerprint density at radius 1 is 1.17 bits per heavy atom. The molecule has 0 aliphatic heterocycles. The van der Waals surface area contributed by atoms with Crippen LogP contribution < -0.4 is 15.4 Å². The van der Waals surface area contributed by atoms with E-state index in [0.717, 1.165) is 17.9 Å². The SMILES string of the molecule is COc1ccc(NC(=O)OC(C)(C)C)c(NC(C)CC(C)C)c1. The van der Waals surface area contributed by atoms with Crippen molar-refractivity contribution >= 4 is 17.5 Å². The maximum Gasteiger partial charge on any atom is 0.412 e. The molecule has 0 aromatic heterocycles. The number of ether oxygens (including phenoxy) is 2. The van der Waals surface area contributed by atoms with E-state index in [9.17, 15) is 4.79 Å². The highest BCUT2D eigenvalue weighted by atomic mass is 16.6. The molecular weight excluding hydrogens is 292 g/mol. The second-order valence-electron chi connectivity index (χ2n) is 7.21. The molecule has 0 fully saturated rings. The molecule has 0 aliphatic carbocycles. The smallest absolute Gasteiger partial charge is 0.412 e. The predicted molar refractivity (Wildman–Crippen MR) is 95.4 cm³/mol. The largest absolute Gasteiger partial charge is 0.497 e. The van der Waals surface area contributed by atoms with Crippen molar-refractivity contribution in [1.82, 2.24) is 0 Å². The molecule has 130 valence electrons. The van der Waals surface area contributed by atoms with Gasteiger partial charge in [0.25, 0.3) is 0 Å². The van der Waals surface area contributed by atoms with Crippen LogP contribution in [0, 0.1) is 5.92 Å². The minimum absolute atomic E-state index is 0.279. The molecular formula is C18H30N2O3. The maximum atomic E-state index is 12.0. The Morgan fingerprint density at radius 2 is 1.83 bits per heavy atom. The minimum Gasteiger partial charge on any atom is -0.497 e. The standard InChI is InChI=1S/C18H30N2O3/c1-12(2)10-13(3)19-16-11-14(22-7)8-9-15(16)20-17(21)23-18(4,5)6/h8-9,11-13,19H,10H2,1-7H3,(H,20,21). The molecule has 0 bridgehead atoms. The number of rotatable bonds is 6. The van der Waals surface area contributed by atoms with E-state index in [4.69, 9.17) is 9.47 Å². The average molecular weight is 322 g/mol. The van der Waals surface area contributed by atoms with Crippen LogP contribution in [0.5, 0.6) is 5.75 Å². The summed E-state index contributed by atoms with van der Waals surface area (Å²) in [5.74, 6) is 1.32.